The van der Waals surface area contributed by atoms with Gasteiger partial charge in [-0.05, 0) is 33.1 Å². The molecule has 20 heavy (non-hydrogen) atoms. The molecule has 1 aromatic rings. The van der Waals surface area contributed by atoms with E-state index in [1.807, 2.05) is 11.7 Å². The molecular formula is C14H21N3O3. The number of carboxylic acid groups (broad SMARTS) is 1. The SMILES string of the molecule is Cn1ncc2c1CCCC2NC(=O)CC(C)(C)C(=O)O. The third kappa shape index (κ3) is 2.84. The van der Waals surface area contributed by atoms with E-state index in [0.717, 1.165) is 30.5 Å². The number of carbonyl (C=O) groups is 2. The van der Waals surface area contributed by atoms with Crippen molar-refractivity contribution in [2.45, 2.75) is 45.6 Å². The first-order valence-corrected chi connectivity index (χ1v) is 6.85. The first-order chi connectivity index (χ1) is 9.31. The third-order valence-corrected chi connectivity index (χ3v) is 3.89. The highest BCUT2D eigenvalue weighted by Crippen LogP contribution is 2.30. The lowest BCUT2D eigenvalue weighted by molar-refractivity contribution is -0.149. The first-order valence-electron chi connectivity index (χ1n) is 6.85. The van der Waals surface area contributed by atoms with Crippen molar-refractivity contribution in [2.75, 3.05) is 0 Å². The van der Waals surface area contributed by atoms with E-state index in [2.05, 4.69) is 10.4 Å². The van der Waals surface area contributed by atoms with Crippen molar-refractivity contribution in [1.29, 1.82) is 0 Å². The lowest BCUT2D eigenvalue weighted by Gasteiger charge is -2.25. The highest BCUT2D eigenvalue weighted by Gasteiger charge is 2.32. The Bertz CT molecular complexity index is 534. The number of carbonyl (C=O) groups excluding carboxylic acids is 1. The van der Waals surface area contributed by atoms with Crippen LogP contribution < -0.4 is 5.32 Å². The largest absolute Gasteiger partial charge is 0.481 e. The van der Waals surface area contributed by atoms with E-state index >= 15 is 0 Å². The number of aromatic nitrogens is 2. The maximum Gasteiger partial charge on any atom is 0.309 e. The minimum absolute atomic E-state index is 0.0194. The molecule has 6 heteroatoms. The number of nitrogens with one attached hydrogen (secondary N) is 1. The van der Waals surface area contributed by atoms with Crippen LogP contribution in [-0.4, -0.2) is 26.8 Å². The van der Waals surface area contributed by atoms with Gasteiger partial charge in [-0.1, -0.05) is 0 Å². The molecule has 1 unspecified atom stereocenters. The summed E-state index contributed by atoms with van der Waals surface area (Å²) in [5.41, 5.74) is 1.16. The number of rotatable bonds is 4. The second-order valence-corrected chi connectivity index (χ2v) is 6.05. The van der Waals surface area contributed by atoms with E-state index in [0.29, 0.717) is 0 Å². The predicted molar refractivity (Wildman–Crippen MR) is 73.1 cm³/mol. The smallest absolute Gasteiger partial charge is 0.309 e. The van der Waals surface area contributed by atoms with Gasteiger partial charge in [0.2, 0.25) is 5.91 Å². The highest BCUT2D eigenvalue weighted by molar-refractivity contribution is 5.84. The van der Waals surface area contributed by atoms with Crippen molar-refractivity contribution in [3.8, 4) is 0 Å². The molecule has 0 radical (unpaired) electrons. The highest BCUT2D eigenvalue weighted by atomic mass is 16.4. The summed E-state index contributed by atoms with van der Waals surface area (Å²) in [6, 6.07) is -0.0513. The van der Waals surface area contributed by atoms with Crippen LogP contribution in [0, 0.1) is 5.41 Å². The van der Waals surface area contributed by atoms with Gasteiger partial charge < -0.3 is 10.4 Å². The number of hydrogen-bond donors (Lipinski definition) is 2. The Morgan fingerprint density at radius 2 is 2.25 bits per heavy atom. The maximum absolute atomic E-state index is 12.0. The molecule has 1 aromatic heterocycles. The van der Waals surface area contributed by atoms with Gasteiger partial charge in [-0.25, -0.2) is 0 Å². The average molecular weight is 279 g/mol. The minimum atomic E-state index is -1.05. The molecule has 1 heterocycles. The summed E-state index contributed by atoms with van der Waals surface area (Å²) in [5.74, 6) is -1.18. The third-order valence-electron chi connectivity index (χ3n) is 3.89. The average Bonchev–Trinajstić information content (AvgIpc) is 2.71. The van der Waals surface area contributed by atoms with Gasteiger partial charge >= 0.3 is 5.97 Å². The van der Waals surface area contributed by atoms with Crippen LogP contribution >= 0.6 is 0 Å². The number of aliphatic carboxylic acids is 1. The zero-order valence-corrected chi connectivity index (χ0v) is 12.1. The van der Waals surface area contributed by atoms with Gasteiger partial charge in [0.25, 0.3) is 0 Å². The number of fused-ring (bicyclic) bond motifs is 1. The zero-order chi connectivity index (χ0) is 14.9. The van der Waals surface area contributed by atoms with Crippen molar-refractivity contribution in [3.63, 3.8) is 0 Å². The molecular weight excluding hydrogens is 258 g/mol. The summed E-state index contributed by atoms with van der Waals surface area (Å²) in [7, 11) is 1.90. The molecule has 1 amide bonds. The molecule has 0 bridgehead atoms. The second-order valence-electron chi connectivity index (χ2n) is 6.05. The monoisotopic (exact) mass is 279 g/mol. The van der Waals surface area contributed by atoms with Gasteiger partial charge in [0.15, 0.2) is 0 Å². The molecule has 6 nitrogen and oxygen atoms in total. The molecule has 0 aromatic carbocycles. The fourth-order valence-corrected chi connectivity index (χ4v) is 2.58. The van der Waals surface area contributed by atoms with Gasteiger partial charge in [-0.15, -0.1) is 0 Å². The summed E-state index contributed by atoms with van der Waals surface area (Å²) in [4.78, 5) is 23.1. The molecule has 110 valence electrons. The van der Waals surface area contributed by atoms with Crippen LogP contribution in [0.25, 0.3) is 0 Å². The van der Waals surface area contributed by atoms with Gasteiger partial charge in [0.05, 0.1) is 17.7 Å². The molecule has 1 aliphatic rings. The molecule has 2 rings (SSSR count). The molecule has 2 N–H and O–H groups in total. The fraction of sp³-hybridized carbons (Fsp3) is 0.643. The van der Waals surface area contributed by atoms with Crippen molar-refractivity contribution < 1.29 is 14.7 Å². The van der Waals surface area contributed by atoms with Crippen molar-refractivity contribution in [3.05, 3.63) is 17.5 Å². The Labute approximate surface area is 118 Å². The Balaban J connectivity index is 2.05. The maximum atomic E-state index is 12.0. The number of carboxylic acids is 1. The van der Waals surface area contributed by atoms with Crippen LogP contribution in [-0.2, 0) is 23.1 Å². The van der Waals surface area contributed by atoms with E-state index in [-0.39, 0.29) is 18.4 Å². The summed E-state index contributed by atoms with van der Waals surface area (Å²) >= 11 is 0. The summed E-state index contributed by atoms with van der Waals surface area (Å²) in [5, 5.41) is 16.2. The van der Waals surface area contributed by atoms with Crippen LogP contribution in [0.1, 0.15) is 50.4 Å². The fourth-order valence-electron chi connectivity index (χ4n) is 2.58. The lowest BCUT2D eigenvalue weighted by atomic mass is 9.88. The molecule has 1 atom stereocenters. The molecule has 0 aliphatic heterocycles. The zero-order valence-electron chi connectivity index (χ0n) is 12.1. The standard InChI is InChI=1S/C14H21N3O3/c1-14(2,13(19)20)7-12(18)16-10-5-4-6-11-9(10)8-15-17(11)3/h8,10H,4-7H2,1-3H3,(H,16,18)(H,19,20). The van der Waals surface area contributed by atoms with Crippen molar-refractivity contribution >= 4 is 11.9 Å². The first kappa shape index (κ1) is 14.6. The topological polar surface area (TPSA) is 84.2 Å². The number of nitrogens with zero attached hydrogens (tertiary/aromatic N) is 2. The van der Waals surface area contributed by atoms with Gasteiger partial charge in [0.1, 0.15) is 0 Å². The van der Waals surface area contributed by atoms with E-state index < -0.39 is 11.4 Å². The lowest BCUT2D eigenvalue weighted by Crippen LogP contribution is -2.36. The van der Waals surface area contributed by atoms with Crippen LogP contribution in [0.5, 0.6) is 0 Å². The number of aryl methyl sites for hydroxylation is 1. The minimum Gasteiger partial charge on any atom is -0.481 e. The van der Waals surface area contributed by atoms with E-state index in [1.165, 1.54) is 0 Å². The summed E-state index contributed by atoms with van der Waals surface area (Å²) < 4.78 is 1.84. The van der Waals surface area contributed by atoms with Crippen molar-refractivity contribution in [2.24, 2.45) is 12.5 Å². The quantitative estimate of drug-likeness (QED) is 0.873. The number of hydrogen-bond acceptors (Lipinski definition) is 3. The Hall–Kier alpha value is -1.85. The van der Waals surface area contributed by atoms with Crippen LogP contribution in [0.3, 0.4) is 0 Å². The Kier molecular flexibility index (Phi) is 3.83. The Morgan fingerprint density at radius 1 is 1.55 bits per heavy atom. The van der Waals surface area contributed by atoms with Gasteiger partial charge in [-0.2, -0.15) is 5.10 Å². The van der Waals surface area contributed by atoms with Crippen molar-refractivity contribution in [1.82, 2.24) is 15.1 Å². The van der Waals surface area contributed by atoms with E-state index in [4.69, 9.17) is 5.11 Å². The molecule has 0 saturated heterocycles. The second kappa shape index (κ2) is 5.26. The normalized spacial score (nSPS) is 18.4. The number of amides is 1. The summed E-state index contributed by atoms with van der Waals surface area (Å²) in [6.45, 7) is 3.12. The summed E-state index contributed by atoms with van der Waals surface area (Å²) in [6.07, 6.45) is 4.62. The van der Waals surface area contributed by atoms with E-state index in [9.17, 15) is 9.59 Å². The molecule has 0 saturated carbocycles. The predicted octanol–water partition coefficient (Wildman–Crippen LogP) is 1.41. The molecule has 0 spiro atoms. The van der Waals surface area contributed by atoms with Gasteiger partial charge in [-0.3, -0.25) is 14.3 Å². The van der Waals surface area contributed by atoms with Crippen LogP contribution in [0.4, 0.5) is 0 Å². The molecule has 0 fully saturated rings. The van der Waals surface area contributed by atoms with Crippen LogP contribution in [0.15, 0.2) is 6.20 Å². The molecule has 1 aliphatic carbocycles. The van der Waals surface area contributed by atoms with Gasteiger partial charge in [0, 0.05) is 24.7 Å². The van der Waals surface area contributed by atoms with Crippen LogP contribution in [0.2, 0.25) is 0 Å². The van der Waals surface area contributed by atoms with E-state index in [1.54, 1.807) is 20.0 Å². The Morgan fingerprint density at radius 3 is 2.90 bits per heavy atom.